The lowest BCUT2D eigenvalue weighted by Crippen LogP contribution is -2.19. The van der Waals surface area contributed by atoms with Gasteiger partial charge in [-0.3, -0.25) is 29.8 Å². The Morgan fingerprint density at radius 2 is 1.05 bits per heavy atom. The Labute approximate surface area is 206 Å². The van der Waals surface area contributed by atoms with Gasteiger partial charge in [-0.05, 0) is 24.3 Å². The average Bonchev–Trinajstić information content (AvgIpc) is 2.82. The van der Waals surface area contributed by atoms with Crippen molar-refractivity contribution < 1.29 is 45.8 Å². The van der Waals surface area contributed by atoms with Crippen LogP contribution in [0.25, 0.3) is 0 Å². The van der Waals surface area contributed by atoms with Crippen LogP contribution in [0.2, 0.25) is 0 Å². The van der Waals surface area contributed by atoms with E-state index in [4.69, 9.17) is 0 Å². The predicted molar refractivity (Wildman–Crippen MR) is 116 cm³/mol. The summed E-state index contributed by atoms with van der Waals surface area (Å²) in [4.78, 5) is 48.4. The van der Waals surface area contributed by atoms with E-state index in [1.165, 1.54) is 0 Å². The zero-order chi connectivity index (χ0) is 28.4. The molecule has 11 nitrogen and oxygen atoms in total. The molecule has 1 heterocycles. The van der Waals surface area contributed by atoms with E-state index in [0.29, 0.717) is 24.3 Å². The number of aromatic nitrogens is 1. The van der Waals surface area contributed by atoms with Crippen LogP contribution in [0.15, 0.2) is 54.6 Å². The zero-order valence-corrected chi connectivity index (χ0v) is 18.3. The molecule has 0 atom stereocenters. The molecule has 198 valence electrons. The largest absolute Gasteiger partial charge is 0.416 e. The summed E-state index contributed by atoms with van der Waals surface area (Å²) in [5.74, 6) is -2.36. The first-order valence-electron chi connectivity index (χ1n) is 9.87. The van der Waals surface area contributed by atoms with Crippen molar-refractivity contribution in [1.82, 2.24) is 4.98 Å². The molecular weight excluding hydrogens is 532 g/mol. The summed E-state index contributed by atoms with van der Waals surface area (Å²) >= 11 is 0. The highest BCUT2D eigenvalue weighted by molar-refractivity contribution is 6.06. The smallest absolute Gasteiger partial charge is 0.320 e. The van der Waals surface area contributed by atoms with Crippen molar-refractivity contribution in [3.05, 3.63) is 97.3 Å². The standard InChI is InChI=1S/C21H11F6N5O6/c22-20(23,24)10-4-12(8-14(6-10)31(35)36)28-18(33)16-2-1-3-17(30-16)19(34)29-13-5-11(21(25,26)27)7-15(9-13)32(37)38/h1-9H,(H,28,33)(H,29,34). The Kier molecular flexibility index (Phi) is 7.32. The summed E-state index contributed by atoms with van der Waals surface area (Å²) in [7, 11) is 0. The SMILES string of the molecule is O=C(Nc1cc([N+](=O)[O-])cc(C(F)(F)F)c1)c1cccc(C(=O)Nc2cc([N+](=O)[O-])cc(C(F)(F)F)c2)n1. The molecule has 2 N–H and O–H groups in total. The summed E-state index contributed by atoms with van der Waals surface area (Å²) in [6.07, 6.45) is -9.94. The van der Waals surface area contributed by atoms with Crippen molar-refractivity contribution in [3.63, 3.8) is 0 Å². The van der Waals surface area contributed by atoms with E-state index in [2.05, 4.69) is 4.98 Å². The summed E-state index contributed by atoms with van der Waals surface area (Å²) in [6.45, 7) is 0. The van der Waals surface area contributed by atoms with Gasteiger partial charge in [0.05, 0.1) is 21.0 Å². The minimum absolute atomic E-state index is 0.261. The maximum atomic E-state index is 13.1. The van der Waals surface area contributed by atoms with Crippen molar-refractivity contribution in [3.8, 4) is 0 Å². The van der Waals surface area contributed by atoms with Crippen LogP contribution in [0, 0.1) is 20.2 Å². The molecular formula is C21H11F6N5O6. The maximum absolute atomic E-state index is 13.1. The minimum atomic E-state index is -4.97. The van der Waals surface area contributed by atoms with Gasteiger partial charge in [0.1, 0.15) is 11.4 Å². The number of nitrogens with one attached hydrogen (secondary N) is 2. The molecule has 0 aliphatic rings. The van der Waals surface area contributed by atoms with Crippen LogP contribution in [-0.2, 0) is 12.4 Å². The van der Waals surface area contributed by atoms with Crippen LogP contribution in [0.3, 0.4) is 0 Å². The first-order valence-corrected chi connectivity index (χ1v) is 9.87. The monoisotopic (exact) mass is 543 g/mol. The summed E-state index contributed by atoms with van der Waals surface area (Å²) in [5, 5.41) is 25.9. The van der Waals surface area contributed by atoms with E-state index in [0.717, 1.165) is 18.2 Å². The average molecular weight is 543 g/mol. The molecule has 0 saturated heterocycles. The number of benzene rings is 2. The van der Waals surface area contributed by atoms with Gasteiger partial charge in [0, 0.05) is 35.6 Å². The molecule has 0 spiro atoms. The number of pyridine rings is 1. The quantitative estimate of drug-likeness (QED) is 0.238. The topological polar surface area (TPSA) is 157 Å². The second kappa shape index (κ2) is 10.1. The van der Waals surface area contributed by atoms with Gasteiger partial charge in [-0.1, -0.05) is 6.07 Å². The van der Waals surface area contributed by atoms with E-state index in [1.807, 2.05) is 10.6 Å². The lowest BCUT2D eigenvalue weighted by Gasteiger charge is -2.11. The third-order valence-corrected chi connectivity index (χ3v) is 4.64. The highest BCUT2D eigenvalue weighted by atomic mass is 19.4. The lowest BCUT2D eigenvalue weighted by molar-refractivity contribution is -0.385. The van der Waals surface area contributed by atoms with Crippen molar-refractivity contribution in [2.45, 2.75) is 12.4 Å². The summed E-state index contributed by atoms with van der Waals surface area (Å²) < 4.78 is 78.4. The van der Waals surface area contributed by atoms with Crippen molar-refractivity contribution in [1.29, 1.82) is 0 Å². The van der Waals surface area contributed by atoms with E-state index >= 15 is 0 Å². The molecule has 0 aliphatic heterocycles. The van der Waals surface area contributed by atoms with E-state index in [1.54, 1.807) is 0 Å². The third kappa shape index (κ3) is 6.56. The molecule has 3 aromatic rings. The number of carbonyl (C=O) groups is 2. The van der Waals surface area contributed by atoms with Crippen molar-refractivity contribution >= 4 is 34.6 Å². The molecule has 0 radical (unpaired) electrons. The number of nitro groups is 2. The van der Waals surface area contributed by atoms with Gasteiger partial charge in [0.15, 0.2) is 0 Å². The number of amides is 2. The zero-order valence-electron chi connectivity index (χ0n) is 18.3. The lowest BCUT2D eigenvalue weighted by atomic mass is 10.1. The summed E-state index contributed by atoms with van der Waals surface area (Å²) in [6, 6.07) is 5.87. The van der Waals surface area contributed by atoms with E-state index in [-0.39, 0.29) is 12.1 Å². The van der Waals surface area contributed by atoms with Gasteiger partial charge >= 0.3 is 12.4 Å². The van der Waals surface area contributed by atoms with Gasteiger partial charge in [0.2, 0.25) is 0 Å². The molecule has 2 amide bonds. The normalized spacial score (nSPS) is 11.5. The van der Waals surface area contributed by atoms with E-state index < -0.39 is 79.3 Å². The number of anilines is 2. The second-order valence-corrected chi connectivity index (χ2v) is 7.36. The Morgan fingerprint density at radius 1 is 0.684 bits per heavy atom. The molecule has 0 bridgehead atoms. The van der Waals surface area contributed by atoms with Crippen molar-refractivity contribution in [2.75, 3.05) is 10.6 Å². The number of hydrogen-bond donors (Lipinski definition) is 2. The number of non-ortho nitro benzene ring substituents is 2. The van der Waals surface area contributed by atoms with Gasteiger partial charge < -0.3 is 10.6 Å². The first kappa shape index (κ1) is 27.5. The fourth-order valence-electron chi connectivity index (χ4n) is 2.98. The number of alkyl halides is 6. The van der Waals surface area contributed by atoms with Crippen LogP contribution < -0.4 is 10.6 Å². The number of nitrogens with zero attached hydrogens (tertiary/aromatic N) is 3. The Balaban J connectivity index is 1.87. The Hall–Kier alpha value is -5.09. The van der Waals surface area contributed by atoms with Crippen LogP contribution in [0.4, 0.5) is 49.1 Å². The highest BCUT2D eigenvalue weighted by Crippen LogP contribution is 2.35. The van der Waals surface area contributed by atoms with Crippen LogP contribution in [0.5, 0.6) is 0 Å². The van der Waals surface area contributed by atoms with Crippen LogP contribution >= 0.6 is 0 Å². The molecule has 0 fully saturated rings. The van der Waals surface area contributed by atoms with Gasteiger partial charge in [-0.25, -0.2) is 4.98 Å². The van der Waals surface area contributed by atoms with E-state index in [9.17, 15) is 56.2 Å². The molecule has 0 aliphatic carbocycles. The number of halogens is 6. The molecule has 1 aromatic heterocycles. The Morgan fingerprint density at radius 3 is 1.37 bits per heavy atom. The van der Waals surface area contributed by atoms with Crippen molar-refractivity contribution in [2.24, 2.45) is 0 Å². The molecule has 2 aromatic carbocycles. The van der Waals surface area contributed by atoms with Gasteiger partial charge in [0.25, 0.3) is 23.2 Å². The molecule has 0 saturated carbocycles. The number of rotatable bonds is 6. The minimum Gasteiger partial charge on any atom is -0.320 e. The molecule has 3 rings (SSSR count). The van der Waals surface area contributed by atoms with Crippen LogP contribution in [0.1, 0.15) is 32.1 Å². The molecule has 38 heavy (non-hydrogen) atoms. The highest BCUT2D eigenvalue weighted by Gasteiger charge is 2.34. The van der Waals surface area contributed by atoms with Gasteiger partial charge in [-0.15, -0.1) is 0 Å². The number of hydrogen-bond acceptors (Lipinski definition) is 7. The number of carbonyl (C=O) groups excluding carboxylic acids is 2. The van der Waals surface area contributed by atoms with Gasteiger partial charge in [-0.2, -0.15) is 26.3 Å². The third-order valence-electron chi connectivity index (χ3n) is 4.64. The fourth-order valence-corrected chi connectivity index (χ4v) is 2.98. The Bertz CT molecular complexity index is 1350. The first-order chi connectivity index (χ1) is 17.5. The summed E-state index contributed by atoms with van der Waals surface area (Å²) in [5.41, 5.74) is -7.08. The second-order valence-electron chi connectivity index (χ2n) is 7.36. The number of nitro benzene ring substituents is 2. The fraction of sp³-hybridized carbons (Fsp3) is 0.0952. The molecule has 0 unspecified atom stereocenters. The predicted octanol–water partition coefficient (Wildman–Crippen LogP) is 5.44. The molecule has 17 heteroatoms. The maximum Gasteiger partial charge on any atom is 0.416 e. The van der Waals surface area contributed by atoms with Crippen LogP contribution in [-0.4, -0.2) is 26.6 Å².